The van der Waals surface area contributed by atoms with Crippen molar-refractivity contribution >= 4 is 0 Å². The third-order valence-corrected chi connectivity index (χ3v) is 3.76. The number of hydrogen-bond donors (Lipinski definition) is 1. The van der Waals surface area contributed by atoms with Gasteiger partial charge in [-0.3, -0.25) is 0 Å². The van der Waals surface area contributed by atoms with E-state index in [1.54, 1.807) is 0 Å². The molecule has 1 saturated heterocycles. The van der Waals surface area contributed by atoms with E-state index in [4.69, 9.17) is 4.74 Å². The SMILES string of the molecule is CC(C)CCCC(C)CC1CC(C)CC(O)O1. The van der Waals surface area contributed by atoms with Gasteiger partial charge in [0.25, 0.3) is 0 Å². The van der Waals surface area contributed by atoms with Crippen LogP contribution in [0.2, 0.25) is 0 Å². The molecule has 17 heavy (non-hydrogen) atoms. The van der Waals surface area contributed by atoms with Gasteiger partial charge >= 0.3 is 0 Å². The third-order valence-electron chi connectivity index (χ3n) is 3.76. The number of ether oxygens (including phenoxy) is 1. The first-order valence-corrected chi connectivity index (χ1v) is 7.30. The van der Waals surface area contributed by atoms with Crippen LogP contribution in [0, 0.1) is 17.8 Å². The Morgan fingerprint density at radius 2 is 1.88 bits per heavy atom. The number of rotatable bonds is 6. The van der Waals surface area contributed by atoms with Crippen LogP contribution in [0.25, 0.3) is 0 Å². The van der Waals surface area contributed by atoms with Crippen molar-refractivity contribution in [1.82, 2.24) is 0 Å². The van der Waals surface area contributed by atoms with Gasteiger partial charge in [0.2, 0.25) is 0 Å². The van der Waals surface area contributed by atoms with Crippen molar-refractivity contribution in [1.29, 1.82) is 0 Å². The molecular formula is C15H30O2. The summed E-state index contributed by atoms with van der Waals surface area (Å²) in [5.41, 5.74) is 0. The minimum absolute atomic E-state index is 0.280. The zero-order chi connectivity index (χ0) is 12.8. The van der Waals surface area contributed by atoms with E-state index in [0.29, 0.717) is 5.92 Å². The molecule has 0 aromatic heterocycles. The van der Waals surface area contributed by atoms with Gasteiger partial charge in [-0.05, 0) is 30.6 Å². The van der Waals surface area contributed by atoms with E-state index in [1.807, 2.05) is 0 Å². The second-order valence-corrected chi connectivity index (χ2v) is 6.45. The predicted octanol–water partition coefficient (Wildman–Crippen LogP) is 3.97. The molecule has 0 spiro atoms. The Bertz CT molecular complexity index is 193. The van der Waals surface area contributed by atoms with Crippen LogP contribution in [0.5, 0.6) is 0 Å². The van der Waals surface area contributed by atoms with Crippen LogP contribution in [-0.2, 0) is 4.74 Å². The first-order chi connectivity index (χ1) is 7.97. The Kier molecular flexibility index (Phi) is 6.50. The summed E-state index contributed by atoms with van der Waals surface area (Å²) in [5.74, 6) is 2.14. The molecule has 0 aliphatic carbocycles. The molecule has 1 aliphatic heterocycles. The fraction of sp³-hybridized carbons (Fsp3) is 1.00. The number of aliphatic hydroxyl groups is 1. The Hall–Kier alpha value is -0.0800. The molecular weight excluding hydrogens is 212 g/mol. The standard InChI is InChI=1S/C15H30O2/c1-11(2)6-5-7-12(3)8-14-9-13(4)10-15(16)17-14/h11-16H,5-10H2,1-4H3. The molecule has 1 fully saturated rings. The molecule has 4 unspecified atom stereocenters. The summed E-state index contributed by atoms with van der Waals surface area (Å²) in [7, 11) is 0. The zero-order valence-electron chi connectivity index (χ0n) is 12.0. The lowest BCUT2D eigenvalue weighted by Gasteiger charge is -2.32. The van der Waals surface area contributed by atoms with Crippen molar-refractivity contribution in [2.75, 3.05) is 0 Å². The molecule has 0 amide bonds. The molecule has 0 aromatic carbocycles. The average Bonchev–Trinajstić information content (AvgIpc) is 2.14. The first kappa shape index (κ1) is 15.0. The Morgan fingerprint density at radius 3 is 2.47 bits per heavy atom. The predicted molar refractivity (Wildman–Crippen MR) is 71.7 cm³/mol. The van der Waals surface area contributed by atoms with E-state index in [-0.39, 0.29) is 6.10 Å². The summed E-state index contributed by atoms with van der Waals surface area (Å²) < 4.78 is 5.61. The largest absolute Gasteiger partial charge is 0.368 e. The molecule has 0 bridgehead atoms. The smallest absolute Gasteiger partial charge is 0.155 e. The lowest BCUT2D eigenvalue weighted by molar-refractivity contribution is -0.179. The van der Waals surface area contributed by atoms with E-state index < -0.39 is 6.29 Å². The second-order valence-electron chi connectivity index (χ2n) is 6.45. The van der Waals surface area contributed by atoms with Crippen molar-refractivity contribution in [3.63, 3.8) is 0 Å². The second kappa shape index (κ2) is 7.38. The summed E-state index contributed by atoms with van der Waals surface area (Å²) in [6.07, 6.45) is 6.74. The number of hydrogen-bond acceptors (Lipinski definition) is 2. The normalized spacial score (nSPS) is 31.8. The van der Waals surface area contributed by atoms with Crippen LogP contribution in [-0.4, -0.2) is 17.5 Å². The summed E-state index contributed by atoms with van der Waals surface area (Å²) >= 11 is 0. The molecule has 1 heterocycles. The van der Waals surface area contributed by atoms with Gasteiger partial charge in [0.1, 0.15) is 0 Å². The molecule has 0 aromatic rings. The molecule has 2 heteroatoms. The highest BCUT2D eigenvalue weighted by Gasteiger charge is 2.26. The molecule has 1 aliphatic rings. The van der Waals surface area contributed by atoms with E-state index in [2.05, 4.69) is 27.7 Å². The minimum atomic E-state index is -0.522. The van der Waals surface area contributed by atoms with Gasteiger partial charge < -0.3 is 9.84 Å². The zero-order valence-corrected chi connectivity index (χ0v) is 12.0. The van der Waals surface area contributed by atoms with Gasteiger partial charge in [-0.1, -0.05) is 47.0 Å². The van der Waals surface area contributed by atoms with E-state index in [9.17, 15) is 5.11 Å². The molecule has 4 atom stereocenters. The fourth-order valence-corrected chi connectivity index (χ4v) is 2.82. The van der Waals surface area contributed by atoms with Gasteiger partial charge in [-0.2, -0.15) is 0 Å². The summed E-state index contributed by atoms with van der Waals surface area (Å²) in [5, 5.41) is 9.59. The van der Waals surface area contributed by atoms with Gasteiger partial charge in [0.05, 0.1) is 6.10 Å². The highest BCUT2D eigenvalue weighted by atomic mass is 16.6. The van der Waals surface area contributed by atoms with Crippen molar-refractivity contribution in [2.45, 2.75) is 78.6 Å². The molecule has 2 nitrogen and oxygen atoms in total. The van der Waals surface area contributed by atoms with Crippen LogP contribution < -0.4 is 0 Å². The monoisotopic (exact) mass is 242 g/mol. The first-order valence-electron chi connectivity index (χ1n) is 7.30. The number of aliphatic hydroxyl groups excluding tert-OH is 1. The summed E-state index contributed by atoms with van der Waals surface area (Å²) in [4.78, 5) is 0. The third kappa shape index (κ3) is 6.42. The summed E-state index contributed by atoms with van der Waals surface area (Å²) in [6, 6.07) is 0. The maximum absolute atomic E-state index is 9.59. The maximum atomic E-state index is 9.59. The maximum Gasteiger partial charge on any atom is 0.155 e. The molecule has 102 valence electrons. The molecule has 1 rings (SSSR count). The van der Waals surface area contributed by atoms with Gasteiger partial charge in [-0.25, -0.2) is 0 Å². The van der Waals surface area contributed by atoms with Crippen LogP contribution in [0.3, 0.4) is 0 Å². The van der Waals surface area contributed by atoms with Gasteiger partial charge in [0, 0.05) is 6.42 Å². The average molecular weight is 242 g/mol. The minimum Gasteiger partial charge on any atom is -0.368 e. The van der Waals surface area contributed by atoms with Gasteiger partial charge in [0.15, 0.2) is 6.29 Å². The van der Waals surface area contributed by atoms with Crippen LogP contribution in [0.1, 0.15) is 66.2 Å². The van der Waals surface area contributed by atoms with Crippen LogP contribution in [0.15, 0.2) is 0 Å². The quantitative estimate of drug-likeness (QED) is 0.763. The summed E-state index contributed by atoms with van der Waals surface area (Å²) in [6.45, 7) is 9.09. The van der Waals surface area contributed by atoms with Gasteiger partial charge in [-0.15, -0.1) is 0 Å². The van der Waals surface area contributed by atoms with Crippen molar-refractivity contribution in [2.24, 2.45) is 17.8 Å². The van der Waals surface area contributed by atoms with Crippen molar-refractivity contribution in [3.8, 4) is 0 Å². The van der Waals surface area contributed by atoms with E-state index in [0.717, 1.165) is 31.1 Å². The highest BCUT2D eigenvalue weighted by molar-refractivity contribution is 4.73. The van der Waals surface area contributed by atoms with Crippen LogP contribution in [0.4, 0.5) is 0 Å². The Labute approximate surface area is 107 Å². The Morgan fingerprint density at radius 1 is 1.18 bits per heavy atom. The lowest BCUT2D eigenvalue weighted by atomic mass is 9.89. The van der Waals surface area contributed by atoms with Crippen molar-refractivity contribution < 1.29 is 9.84 Å². The molecule has 0 saturated carbocycles. The van der Waals surface area contributed by atoms with Crippen molar-refractivity contribution in [3.05, 3.63) is 0 Å². The topological polar surface area (TPSA) is 29.5 Å². The molecule has 1 N–H and O–H groups in total. The van der Waals surface area contributed by atoms with E-state index >= 15 is 0 Å². The highest BCUT2D eigenvalue weighted by Crippen LogP contribution is 2.28. The van der Waals surface area contributed by atoms with Crippen LogP contribution >= 0.6 is 0 Å². The molecule has 0 radical (unpaired) electrons. The van der Waals surface area contributed by atoms with E-state index in [1.165, 1.54) is 19.3 Å². The Balaban J connectivity index is 2.18. The fourth-order valence-electron chi connectivity index (χ4n) is 2.82. The lowest BCUT2D eigenvalue weighted by Crippen LogP contribution is -2.32.